The molecule has 0 aliphatic rings. The highest BCUT2D eigenvalue weighted by Gasteiger charge is 2.29. The fourth-order valence-electron chi connectivity index (χ4n) is 1.89. The standard InChI is InChI=1S/C15H13F4NO2S/c16-13-5-7-14(8-6-13)23(21,22)20-10-9-11-1-3-12(4-2-11)15(17,18)19/h1-8,20H,9-10H2. The van der Waals surface area contributed by atoms with E-state index < -0.39 is 27.6 Å². The van der Waals surface area contributed by atoms with Gasteiger partial charge in [-0.3, -0.25) is 0 Å². The minimum atomic E-state index is -4.40. The summed E-state index contributed by atoms with van der Waals surface area (Å²) in [7, 11) is -3.78. The van der Waals surface area contributed by atoms with E-state index >= 15 is 0 Å². The molecule has 23 heavy (non-hydrogen) atoms. The molecular formula is C15H13F4NO2S. The highest BCUT2D eigenvalue weighted by molar-refractivity contribution is 7.89. The van der Waals surface area contributed by atoms with Gasteiger partial charge in [0.2, 0.25) is 10.0 Å². The minimum absolute atomic E-state index is 0.0189. The molecule has 0 spiro atoms. The van der Waals surface area contributed by atoms with Crippen molar-refractivity contribution in [2.24, 2.45) is 0 Å². The molecule has 0 aliphatic heterocycles. The zero-order valence-electron chi connectivity index (χ0n) is 11.8. The van der Waals surface area contributed by atoms with E-state index in [2.05, 4.69) is 4.72 Å². The monoisotopic (exact) mass is 347 g/mol. The molecule has 2 aromatic carbocycles. The Bertz CT molecular complexity index is 754. The zero-order valence-corrected chi connectivity index (χ0v) is 12.6. The summed E-state index contributed by atoms with van der Waals surface area (Å²) in [6.07, 6.45) is -4.17. The summed E-state index contributed by atoms with van der Waals surface area (Å²) < 4.78 is 76.2. The number of alkyl halides is 3. The van der Waals surface area contributed by atoms with Gasteiger partial charge in [-0.15, -0.1) is 0 Å². The van der Waals surface area contributed by atoms with Crippen LogP contribution in [0, 0.1) is 5.82 Å². The van der Waals surface area contributed by atoms with Crippen LogP contribution >= 0.6 is 0 Å². The van der Waals surface area contributed by atoms with Crippen LogP contribution in [0.25, 0.3) is 0 Å². The second-order valence-corrected chi connectivity index (χ2v) is 6.56. The second-order valence-electron chi connectivity index (χ2n) is 4.80. The first kappa shape index (κ1) is 17.4. The van der Waals surface area contributed by atoms with Crippen molar-refractivity contribution < 1.29 is 26.0 Å². The smallest absolute Gasteiger partial charge is 0.211 e. The van der Waals surface area contributed by atoms with Crippen LogP contribution in [0.1, 0.15) is 11.1 Å². The highest BCUT2D eigenvalue weighted by Crippen LogP contribution is 2.29. The van der Waals surface area contributed by atoms with Gasteiger partial charge in [0.1, 0.15) is 5.82 Å². The fraction of sp³-hybridized carbons (Fsp3) is 0.200. The van der Waals surface area contributed by atoms with E-state index in [4.69, 9.17) is 0 Å². The predicted molar refractivity (Wildman–Crippen MR) is 76.7 cm³/mol. The number of hydrogen-bond acceptors (Lipinski definition) is 2. The van der Waals surface area contributed by atoms with Gasteiger partial charge in [-0.25, -0.2) is 17.5 Å². The van der Waals surface area contributed by atoms with Gasteiger partial charge in [-0.2, -0.15) is 13.2 Å². The third-order valence-electron chi connectivity index (χ3n) is 3.11. The molecule has 0 aromatic heterocycles. The third kappa shape index (κ3) is 4.77. The van der Waals surface area contributed by atoms with Crippen LogP contribution in [0.3, 0.4) is 0 Å². The summed E-state index contributed by atoms with van der Waals surface area (Å²) in [5.41, 5.74) is -0.187. The maximum Gasteiger partial charge on any atom is 0.416 e. The van der Waals surface area contributed by atoms with E-state index in [0.717, 1.165) is 36.4 Å². The van der Waals surface area contributed by atoms with Crippen molar-refractivity contribution in [1.29, 1.82) is 0 Å². The lowest BCUT2D eigenvalue weighted by Gasteiger charge is -2.09. The number of nitrogens with one attached hydrogen (secondary N) is 1. The molecule has 3 nitrogen and oxygen atoms in total. The first-order valence-electron chi connectivity index (χ1n) is 6.60. The van der Waals surface area contributed by atoms with Gasteiger partial charge < -0.3 is 0 Å². The van der Waals surface area contributed by atoms with E-state index in [-0.39, 0.29) is 17.9 Å². The van der Waals surface area contributed by atoms with E-state index in [1.807, 2.05) is 0 Å². The molecule has 2 aromatic rings. The van der Waals surface area contributed by atoms with Gasteiger partial charge in [-0.1, -0.05) is 12.1 Å². The maximum absolute atomic E-state index is 12.8. The van der Waals surface area contributed by atoms with Gasteiger partial charge in [0.25, 0.3) is 0 Å². The lowest BCUT2D eigenvalue weighted by molar-refractivity contribution is -0.137. The van der Waals surface area contributed by atoms with Gasteiger partial charge in [0, 0.05) is 6.54 Å². The van der Waals surface area contributed by atoms with Crippen LogP contribution in [0.2, 0.25) is 0 Å². The van der Waals surface area contributed by atoms with Crippen molar-refractivity contribution in [3.63, 3.8) is 0 Å². The summed E-state index contributed by atoms with van der Waals surface area (Å²) in [6, 6.07) is 8.83. The number of hydrogen-bond donors (Lipinski definition) is 1. The van der Waals surface area contributed by atoms with Gasteiger partial charge >= 0.3 is 6.18 Å². The number of benzene rings is 2. The summed E-state index contributed by atoms with van der Waals surface area (Å²) >= 11 is 0. The first-order chi connectivity index (χ1) is 10.7. The highest BCUT2D eigenvalue weighted by atomic mass is 32.2. The molecule has 8 heteroatoms. The molecule has 0 saturated carbocycles. The number of sulfonamides is 1. The van der Waals surface area contributed by atoms with Crippen molar-refractivity contribution in [3.8, 4) is 0 Å². The summed E-state index contributed by atoms with van der Waals surface area (Å²) in [5, 5.41) is 0. The molecule has 0 atom stereocenters. The van der Waals surface area contributed by atoms with Crippen LogP contribution in [-0.2, 0) is 22.6 Å². The topological polar surface area (TPSA) is 46.2 Å². The van der Waals surface area contributed by atoms with Crippen LogP contribution < -0.4 is 4.72 Å². The van der Waals surface area contributed by atoms with Gasteiger partial charge in [0.15, 0.2) is 0 Å². The molecule has 0 bridgehead atoms. The van der Waals surface area contributed by atoms with Gasteiger partial charge in [0.05, 0.1) is 10.5 Å². The summed E-state index contributed by atoms with van der Waals surface area (Å²) in [5.74, 6) is -0.547. The first-order valence-corrected chi connectivity index (χ1v) is 8.08. The van der Waals surface area contributed by atoms with Crippen molar-refractivity contribution >= 4 is 10.0 Å². The van der Waals surface area contributed by atoms with Crippen LogP contribution in [0.15, 0.2) is 53.4 Å². The Labute approximate surface area is 131 Å². The lowest BCUT2D eigenvalue weighted by Crippen LogP contribution is -2.26. The van der Waals surface area contributed by atoms with Crippen LogP contribution in [0.5, 0.6) is 0 Å². The zero-order chi connectivity index (χ0) is 17.1. The van der Waals surface area contributed by atoms with Crippen molar-refractivity contribution in [2.75, 3.05) is 6.54 Å². The average Bonchev–Trinajstić information content (AvgIpc) is 2.47. The fourth-order valence-corrected chi connectivity index (χ4v) is 2.92. The summed E-state index contributed by atoms with van der Waals surface area (Å²) in [4.78, 5) is -0.0775. The largest absolute Gasteiger partial charge is 0.416 e. The average molecular weight is 347 g/mol. The molecule has 0 radical (unpaired) electrons. The lowest BCUT2D eigenvalue weighted by atomic mass is 10.1. The summed E-state index contributed by atoms with van der Waals surface area (Å²) in [6.45, 7) is 0.0189. The van der Waals surface area contributed by atoms with E-state index in [1.54, 1.807) is 0 Å². The van der Waals surface area contributed by atoms with Crippen LogP contribution in [-0.4, -0.2) is 15.0 Å². The Morgan fingerprint density at radius 2 is 1.48 bits per heavy atom. The van der Waals surface area contributed by atoms with E-state index in [0.29, 0.717) is 5.56 Å². The molecule has 0 aliphatic carbocycles. The molecule has 0 amide bonds. The predicted octanol–water partition coefficient (Wildman–Crippen LogP) is 3.37. The van der Waals surface area contributed by atoms with E-state index in [9.17, 15) is 26.0 Å². The maximum atomic E-state index is 12.8. The van der Waals surface area contributed by atoms with Crippen molar-refractivity contribution in [2.45, 2.75) is 17.5 Å². The van der Waals surface area contributed by atoms with Gasteiger partial charge in [-0.05, 0) is 48.4 Å². The Kier molecular flexibility index (Phi) is 5.06. The van der Waals surface area contributed by atoms with Crippen LogP contribution in [0.4, 0.5) is 17.6 Å². The molecular weight excluding hydrogens is 334 g/mol. The second kappa shape index (κ2) is 6.67. The Morgan fingerprint density at radius 3 is 2.00 bits per heavy atom. The number of rotatable bonds is 5. The normalized spacial score (nSPS) is 12.3. The van der Waals surface area contributed by atoms with Crippen molar-refractivity contribution in [3.05, 3.63) is 65.5 Å². The van der Waals surface area contributed by atoms with Crippen molar-refractivity contribution in [1.82, 2.24) is 4.72 Å². The Hall–Kier alpha value is -1.93. The SMILES string of the molecule is O=S(=O)(NCCc1ccc(C(F)(F)F)cc1)c1ccc(F)cc1. The molecule has 0 saturated heterocycles. The molecule has 0 heterocycles. The Balaban J connectivity index is 1.95. The Morgan fingerprint density at radius 1 is 0.913 bits per heavy atom. The third-order valence-corrected chi connectivity index (χ3v) is 4.59. The minimum Gasteiger partial charge on any atom is -0.211 e. The molecule has 2 rings (SSSR count). The number of halogens is 4. The quantitative estimate of drug-likeness (QED) is 0.843. The molecule has 124 valence electrons. The molecule has 0 unspecified atom stereocenters. The molecule has 1 N–H and O–H groups in total. The molecule has 0 fully saturated rings. The van der Waals surface area contributed by atoms with E-state index in [1.165, 1.54) is 12.1 Å².